The molecule has 8 amide bonds. The quantitative estimate of drug-likeness (QED) is 0.131. The lowest BCUT2D eigenvalue weighted by atomic mass is 10.0. The third-order valence-electron chi connectivity index (χ3n) is 7.31. The topological polar surface area (TPSA) is 259 Å². The summed E-state index contributed by atoms with van der Waals surface area (Å²) >= 11 is 0. The third kappa shape index (κ3) is 12.9. The Morgan fingerprint density at radius 3 is 2.28 bits per heavy atom. The molecular formula is C31H43N9O7. The molecule has 0 spiro atoms. The van der Waals surface area contributed by atoms with Gasteiger partial charge in [0.25, 0.3) is 0 Å². The number of nitrogens with one attached hydrogen (secondary N) is 7. The highest BCUT2D eigenvalue weighted by Crippen LogP contribution is 2.12. The van der Waals surface area contributed by atoms with Crippen LogP contribution in [0.1, 0.15) is 30.4 Å². The number of carbonyl (C=O) groups is 6. The fourth-order valence-electron chi connectivity index (χ4n) is 4.77. The van der Waals surface area contributed by atoms with Crippen LogP contribution in [0.5, 0.6) is 5.75 Å². The molecule has 47 heavy (non-hydrogen) atoms. The van der Waals surface area contributed by atoms with Gasteiger partial charge in [-0.05, 0) is 48.9 Å². The van der Waals surface area contributed by atoms with Crippen LogP contribution in [0, 0.1) is 0 Å². The zero-order chi connectivity index (χ0) is 34.2. The Kier molecular flexibility index (Phi) is 14.2. The van der Waals surface area contributed by atoms with Gasteiger partial charge >= 0.3 is 12.1 Å². The Labute approximate surface area is 272 Å². The van der Waals surface area contributed by atoms with Crippen LogP contribution in [0.3, 0.4) is 0 Å². The van der Waals surface area contributed by atoms with Crippen LogP contribution >= 0.6 is 0 Å². The summed E-state index contributed by atoms with van der Waals surface area (Å²) in [5.74, 6) is -2.48. The van der Waals surface area contributed by atoms with E-state index in [0.717, 1.165) is 5.56 Å². The minimum atomic E-state index is -1.24. The number of hydrogen-bond acceptors (Lipinski definition) is 8. The second-order valence-electron chi connectivity index (χ2n) is 11.1. The number of nitrogens with two attached hydrogens (primary N) is 2. The third-order valence-corrected chi connectivity index (χ3v) is 7.31. The average Bonchev–Trinajstić information content (AvgIpc) is 3.04. The van der Waals surface area contributed by atoms with Crippen molar-refractivity contribution in [3.8, 4) is 5.75 Å². The van der Waals surface area contributed by atoms with Gasteiger partial charge in [0, 0.05) is 32.6 Å². The number of rotatable bonds is 10. The van der Waals surface area contributed by atoms with E-state index in [1.54, 1.807) is 42.5 Å². The van der Waals surface area contributed by atoms with Crippen molar-refractivity contribution < 1.29 is 33.9 Å². The normalized spacial score (nSPS) is 20.0. The predicted molar refractivity (Wildman–Crippen MR) is 172 cm³/mol. The molecule has 0 radical (unpaired) electrons. The summed E-state index contributed by atoms with van der Waals surface area (Å²) in [5.41, 5.74) is 12.6. The Bertz CT molecular complexity index is 1380. The van der Waals surface area contributed by atoms with Gasteiger partial charge in [-0.1, -0.05) is 42.5 Å². The molecule has 2 aromatic rings. The van der Waals surface area contributed by atoms with Gasteiger partial charge in [-0.25, -0.2) is 9.59 Å². The number of urea groups is 2. The largest absolute Gasteiger partial charge is 0.508 e. The molecule has 1 aliphatic rings. The Balaban J connectivity index is 1.80. The SMILES string of the molecule is NC(=O)NCCNC(=O)[C@@H]1CNC(=O)NCCCC[C@@H](NC(=O)[C@@H](N)Cc2ccc(O)cc2)C(=O)N[C@@H](Cc2ccccc2)C(=O)N1. The van der Waals surface area contributed by atoms with Crippen LogP contribution in [0.25, 0.3) is 0 Å². The maximum Gasteiger partial charge on any atom is 0.314 e. The minimum absolute atomic E-state index is 0.000773. The second-order valence-corrected chi connectivity index (χ2v) is 11.1. The molecule has 1 fully saturated rings. The van der Waals surface area contributed by atoms with Crippen molar-refractivity contribution in [2.75, 3.05) is 26.2 Å². The van der Waals surface area contributed by atoms with E-state index in [4.69, 9.17) is 11.5 Å². The number of phenolic OH excluding ortho intramolecular Hbond substituents is 1. The molecule has 1 heterocycles. The summed E-state index contributed by atoms with van der Waals surface area (Å²) in [7, 11) is 0. The lowest BCUT2D eigenvalue weighted by molar-refractivity contribution is -0.134. The van der Waals surface area contributed by atoms with E-state index in [0.29, 0.717) is 18.4 Å². The minimum Gasteiger partial charge on any atom is -0.508 e. The monoisotopic (exact) mass is 653 g/mol. The van der Waals surface area contributed by atoms with Crippen molar-refractivity contribution in [3.63, 3.8) is 0 Å². The molecule has 16 nitrogen and oxygen atoms in total. The van der Waals surface area contributed by atoms with Crippen LogP contribution in [-0.4, -0.2) is 91.1 Å². The van der Waals surface area contributed by atoms with E-state index < -0.39 is 59.9 Å². The van der Waals surface area contributed by atoms with Crippen LogP contribution < -0.4 is 48.7 Å². The molecule has 16 heteroatoms. The van der Waals surface area contributed by atoms with Gasteiger partial charge in [0.2, 0.25) is 23.6 Å². The van der Waals surface area contributed by atoms with Gasteiger partial charge in [0.05, 0.1) is 6.04 Å². The van der Waals surface area contributed by atoms with Crippen molar-refractivity contribution >= 4 is 35.7 Å². The predicted octanol–water partition coefficient (Wildman–Crippen LogP) is -1.77. The van der Waals surface area contributed by atoms with Gasteiger partial charge < -0.3 is 53.8 Å². The number of aromatic hydroxyl groups is 1. The van der Waals surface area contributed by atoms with Gasteiger partial charge in [-0.15, -0.1) is 0 Å². The molecule has 4 atom stereocenters. The molecule has 1 aliphatic heterocycles. The second kappa shape index (κ2) is 18.6. The summed E-state index contributed by atoms with van der Waals surface area (Å²) < 4.78 is 0. The first-order valence-electron chi connectivity index (χ1n) is 15.3. The van der Waals surface area contributed by atoms with Gasteiger partial charge in [-0.2, -0.15) is 0 Å². The van der Waals surface area contributed by atoms with E-state index in [1.165, 1.54) is 12.1 Å². The van der Waals surface area contributed by atoms with Gasteiger partial charge in [0.1, 0.15) is 23.9 Å². The Morgan fingerprint density at radius 2 is 1.57 bits per heavy atom. The molecular weight excluding hydrogens is 610 g/mol. The average molecular weight is 654 g/mol. The first kappa shape index (κ1) is 36.1. The smallest absolute Gasteiger partial charge is 0.314 e. The van der Waals surface area contributed by atoms with Crippen molar-refractivity contribution in [2.24, 2.45) is 11.5 Å². The number of amides is 8. The van der Waals surface area contributed by atoms with E-state index in [2.05, 4.69) is 37.2 Å². The summed E-state index contributed by atoms with van der Waals surface area (Å²) in [6, 6.07) is 9.34. The molecule has 12 N–H and O–H groups in total. The Hall–Kier alpha value is -5.38. The van der Waals surface area contributed by atoms with Crippen molar-refractivity contribution in [1.82, 2.24) is 37.2 Å². The van der Waals surface area contributed by atoms with Crippen molar-refractivity contribution in [2.45, 2.75) is 56.3 Å². The highest BCUT2D eigenvalue weighted by atomic mass is 16.3. The molecule has 3 rings (SSSR count). The molecule has 254 valence electrons. The van der Waals surface area contributed by atoms with Crippen molar-refractivity contribution in [3.05, 3.63) is 65.7 Å². The van der Waals surface area contributed by atoms with Gasteiger partial charge in [-0.3, -0.25) is 19.2 Å². The van der Waals surface area contributed by atoms with Crippen LogP contribution in [0.4, 0.5) is 9.59 Å². The summed E-state index contributed by atoms with van der Waals surface area (Å²) in [6.07, 6.45) is 1.31. The fraction of sp³-hybridized carbons (Fsp3) is 0.419. The summed E-state index contributed by atoms with van der Waals surface area (Å²) in [6.45, 7) is 0.0121. The standard InChI is InChI=1S/C31H43N9O7/c32-22(16-20-9-11-21(41)12-10-20)26(42)38-23-8-4-5-13-36-31(47)37-18-25(27(43)34-14-15-35-30(33)46)40-29(45)24(39-28(23)44)17-19-6-2-1-3-7-19/h1-3,6-7,9-12,22-25,41H,4-5,8,13-18,32H2,(H,34,43)(H,38,42)(H,39,44)(H,40,45)(H3,33,35,46)(H2,36,37,47)/t22-,23+,24-,25-/m0/s1. The van der Waals surface area contributed by atoms with E-state index in [9.17, 15) is 33.9 Å². The maximum absolute atomic E-state index is 13.7. The van der Waals surface area contributed by atoms with E-state index in [1.807, 2.05) is 0 Å². The molecule has 0 aliphatic carbocycles. The number of carbonyl (C=O) groups excluding carboxylic acids is 6. The lowest BCUT2D eigenvalue weighted by Gasteiger charge is -2.26. The van der Waals surface area contributed by atoms with Crippen LogP contribution in [0.2, 0.25) is 0 Å². The van der Waals surface area contributed by atoms with Gasteiger partial charge in [0.15, 0.2) is 0 Å². The zero-order valence-electron chi connectivity index (χ0n) is 25.9. The summed E-state index contributed by atoms with van der Waals surface area (Å²) in [5, 5.41) is 27.7. The molecule has 0 saturated carbocycles. The van der Waals surface area contributed by atoms with E-state index >= 15 is 0 Å². The zero-order valence-corrected chi connectivity index (χ0v) is 25.9. The maximum atomic E-state index is 13.7. The molecule has 0 unspecified atom stereocenters. The first-order valence-corrected chi connectivity index (χ1v) is 15.3. The number of benzene rings is 2. The highest BCUT2D eigenvalue weighted by molar-refractivity contribution is 5.95. The highest BCUT2D eigenvalue weighted by Gasteiger charge is 2.31. The number of primary amides is 1. The Morgan fingerprint density at radius 1 is 0.872 bits per heavy atom. The van der Waals surface area contributed by atoms with Crippen LogP contribution in [0.15, 0.2) is 54.6 Å². The molecule has 2 aromatic carbocycles. The van der Waals surface area contributed by atoms with E-state index in [-0.39, 0.29) is 51.2 Å². The summed E-state index contributed by atoms with van der Waals surface area (Å²) in [4.78, 5) is 76.8. The van der Waals surface area contributed by atoms with Crippen molar-refractivity contribution in [1.29, 1.82) is 0 Å². The number of phenols is 1. The number of hydrogen-bond donors (Lipinski definition) is 10. The van der Waals surface area contributed by atoms with Crippen LogP contribution in [-0.2, 0) is 32.0 Å². The molecule has 1 saturated heterocycles. The molecule has 0 aromatic heterocycles. The molecule has 0 bridgehead atoms. The fourth-order valence-corrected chi connectivity index (χ4v) is 4.77. The lowest BCUT2D eigenvalue weighted by Crippen LogP contribution is -2.60. The first-order chi connectivity index (χ1) is 22.5.